The Hall–Kier alpha value is -2.17. The van der Waals surface area contributed by atoms with Crippen LogP contribution in [0.25, 0.3) is 11.3 Å². The highest BCUT2D eigenvalue weighted by atomic mass is 16.6. The zero-order chi connectivity index (χ0) is 12.1. The van der Waals surface area contributed by atoms with Crippen molar-refractivity contribution in [2.24, 2.45) is 0 Å². The lowest BCUT2D eigenvalue weighted by Crippen LogP contribution is -2.11. The summed E-state index contributed by atoms with van der Waals surface area (Å²) < 4.78 is 4.66. The molecule has 0 atom stereocenters. The fraction of sp³-hybridized carbons (Fsp3) is 0.250. The van der Waals surface area contributed by atoms with Crippen molar-refractivity contribution >= 4 is 11.7 Å². The molecule has 5 nitrogen and oxygen atoms in total. The number of hydrogen-bond donors (Lipinski definition) is 1. The third-order valence-electron chi connectivity index (χ3n) is 2.27. The molecule has 0 aliphatic heterocycles. The molecule has 17 heavy (non-hydrogen) atoms. The van der Waals surface area contributed by atoms with Gasteiger partial charge in [-0.25, -0.2) is 4.63 Å². The lowest BCUT2D eigenvalue weighted by Gasteiger charge is -2.01. The first-order valence-electron chi connectivity index (χ1n) is 5.49. The van der Waals surface area contributed by atoms with E-state index in [1.54, 1.807) is 0 Å². The monoisotopic (exact) mass is 231 g/mol. The Morgan fingerprint density at radius 3 is 2.76 bits per heavy atom. The Labute approximate surface area is 98.8 Å². The first-order valence-corrected chi connectivity index (χ1v) is 5.49. The number of anilines is 1. The Morgan fingerprint density at radius 2 is 2.06 bits per heavy atom. The molecule has 0 unspecified atom stereocenters. The van der Waals surface area contributed by atoms with Gasteiger partial charge in [-0.05, 0) is 16.7 Å². The molecule has 0 radical (unpaired) electrons. The molecule has 1 amide bonds. The van der Waals surface area contributed by atoms with Crippen molar-refractivity contribution in [3.05, 3.63) is 30.3 Å². The summed E-state index contributed by atoms with van der Waals surface area (Å²) in [5.74, 6) is 0.287. The Bertz CT molecular complexity index is 493. The maximum atomic E-state index is 11.5. The molecule has 5 heteroatoms. The van der Waals surface area contributed by atoms with E-state index < -0.39 is 0 Å². The fourth-order valence-corrected chi connectivity index (χ4v) is 1.48. The summed E-state index contributed by atoms with van der Waals surface area (Å²) in [6.45, 7) is 1.94. The highest BCUT2D eigenvalue weighted by Crippen LogP contribution is 2.23. The van der Waals surface area contributed by atoms with Crippen molar-refractivity contribution in [1.82, 2.24) is 10.3 Å². The normalized spacial score (nSPS) is 10.2. The van der Waals surface area contributed by atoms with E-state index in [2.05, 4.69) is 20.3 Å². The maximum absolute atomic E-state index is 11.5. The van der Waals surface area contributed by atoms with Crippen molar-refractivity contribution in [1.29, 1.82) is 0 Å². The standard InChI is InChI=1S/C12H13N3O2/c1-2-6-10(16)13-12-11(14-17-15-12)9-7-4-3-5-8-9/h3-5,7-8H,2,6H2,1H3,(H,13,15,16). The average Bonchev–Trinajstić information content (AvgIpc) is 2.78. The van der Waals surface area contributed by atoms with Gasteiger partial charge in [-0.2, -0.15) is 0 Å². The second kappa shape index (κ2) is 5.25. The Kier molecular flexibility index (Phi) is 3.49. The van der Waals surface area contributed by atoms with Crippen LogP contribution in [0.3, 0.4) is 0 Å². The molecule has 0 saturated heterocycles. The predicted molar refractivity (Wildman–Crippen MR) is 63.3 cm³/mol. The van der Waals surface area contributed by atoms with Gasteiger partial charge in [-0.15, -0.1) is 0 Å². The van der Waals surface area contributed by atoms with Crippen molar-refractivity contribution < 1.29 is 9.42 Å². The number of nitrogens with one attached hydrogen (secondary N) is 1. The van der Waals surface area contributed by atoms with E-state index in [-0.39, 0.29) is 5.91 Å². The Morgan fingerprint density at radius 1 is 1.29 bits per heavy atom. The van der Waals surface area contributed by atoms with E-state index in [9.17, 15) is 4.79 Å². The van der Waals surface area contributed by atoms with Crippen LogP contribution in [0.1, 0.15) is 19.8 Å². The predicted octanol–water partition coefficient (Wildman–Crippen LogP) is 2.48. The third-order valence-corrected chi connectivity index (χ3v) is 2.27. The summed E-state index contributed by atoms with van der Waals surface area (Å²) in [5.41, 5.74) is 1.41. The molecule has 1 aromatic carbocycles. The largest absolute Gasteiger partial charge is 0.306 e. The van der Waals surface area contributed by atoms with E-state index in [0.717, 1.165) is 12.0 Å². The highest BCUT2D eigenvalue weighted by Gasteiger charge is 2.13. The SMILES string of the molecule is CCCC(=O)Nc1nonc1-c1ccccc1. The number of hydrogen-bond acceptors (Lipinski definition) is 4. The fourth-order valence-electron chi connectivity index (χ4n) is 1.48. The van der Waals surface area contributed by atoms with Crippen LogP contribution in [-0.4, -0.2) is 16.2 Å². The van der Waals surface area contributed by atoms with Gasteiger partial charge < -0.3 is 5.32 Å². The average molecular weight is 231 g/mol. The van der Waals surface area contributed by atoms with Crippen LogP contribution in [0.2, 0.25) is 0 Å². The lowest BCUT2D eigenvalue weighted by atomic mass is 10.1. The van der Waals surface area contributed by atoms with Gasteiger partial charge in [0.25, 0.3) is 0 Å². The van der Waals surface area contributed by atoms with E-state index in [4.69, 9.17) is 0 Å². The quantitative estimate of drug-likeness (QED) is 0.877. The van der Waals surface area contributed by atoms with E-state index >= 15 is 0 Å². The van der Waals surface area contributed by atoms with Gasteiger partial charge in [0.2, 0.25) is 11.7 Å². The summed E-state index contributed by atoms with van der Waals surface area (Å²) in [6.07, 6.45) is 1.25. The lowest BCUT2D eigenvalue weighted by molar-refractivity contribution is -0.116. The molecule has 1 heterocycles. The van der Waals surface area contributed by atoms with Gasteiger partial charge in [-0.3, -0.25) is 4.79 Å². The van der Waals surface area contributed by atoms with Gasteiger partial charge in [0.1, 0.15) is 0 Å². The Balaban J connectivity index is 2.20. The molecular weight excluding hydrogens is 218 g/mol. The number of amides is 1. The summed E-state index contributed by atoms with van der Waals surface area (Å²) in [6, 6.07) is 9.46. The van der Waals surface area contributed by atoms with Crippen LogP contribution >= 0.6 is 0 Å². The number of aromatic nitrogens is 2. The molecule has 0 fully saturated rings. The zero-order valence-electron chi connectivity index (χ0n) is 9.51. The highest BCUT2D eigenvalue weighted by molar-refractivity contribution is 5.92. The minimum absolute atomic E-state index is 0.0830. The van der Waals surface area contributed by atoms with E-state index in [1.165, 1.54) is 0 Å². The molecular formula is C12H13N3O2. The van der Waals surface area contributed by atoms with Crippen LogP contribution in [0, 0.1) is 0 Å². The third kappa shape index (κ3) is 2.69. The topological polar surface area (TPSA) is 68.0 Å². The summed E-state index contributed by atoms with van der Waals surface area (Å²) in [5, 5.41) is 10.2. The van der Waals surface area contributed by atoms with E-state index in [0.29, 0.717) is 17.9 Å². The van der Waals surface area contributed by atoms with E-state index in [1.807, 2.05) is 37.3 Å². The van der Waals surface area contributed by atoms with Crippen LogP contribution < -0.4 is 5.32 Å². The summed E-state index contributed by atoms with van der Waals surface area (Å²) in [4.78, 5) is 11.5. The van der Waals surface area contributed by atoms with Gasteiger partial charge in [0.15, 0.2) is 5.69 Å². The smallest absolute Gasteiger partial charge is 0.225 e. The van der Waals surface area contributed by atoms with Gasteiger partial charge in [0.05, 0.1) is 0 Å². The molecule has 1 N–H and O–H groups in total. The number of benzene rings is 1. The summed E-state index contributed by atoms with van der Waals surface area (Å²) >= 11 is 0. The minimum Gasteiger partial charge on any atom is -0.306 e. The van der Waals surface area contributed by atoms with Gasteiger partial charge >= 0.3 is 0 Å². The number of carbonyl (C=O) groups is 1. The first kappa shape index (κ1) is 11.3. The molecule has 88 valence electrons. The van der Waals surface area contributed by atoms with Crippen molar-refractivity contribution in [2.45, 2.75) is 19.8 Å². The molecule has 2 aromatic rings. The summed E-state index contributed by atoms with van der Waals surface area (Å²) in [7, 11) is 0. The van der Waals surface area contributed by atoms with Crippen LogP contribution in [-0.2, 0) is 4.79 Å². The number of nitrogens with zero attached hydrogens (tertiary/aromatic N) is 2. The van der Waals surface area contributed by atoms with Crippen LogP contribution in [0.15, 0.2) is 35.0 Å². The minimum atomic E-state index is -0.0830. The van der Waals surface area contributed by atoms with Crippen molar-refractivity contribution in [3.8, 4) is 11.3 Å². The number of rotatable bonds is 4. The van der Waals surface area contributed by atoms with Crippen molar-refractivity contribution in [2.75, 3.05) is 5.32 Å². The van der Waals surface area contributed by atoms with Gasteiger partial charge in [0, 0.05) is 12.0 Å². The van der Waals surface area contributed by atoms with Crippen LogP contribution in [0.5, 0.6) is 0 Å². The molecule has 1 aromatic heterocycles. The first-order chi connectivity index (χ1) is 8.31. The maximum Gasteiger partial charge on any atom is 0.225 e. The molecule has 0 saturated carbocycles. The second-order valence-corrected chi connectivity index (χ2v) is 3.63. The second-order valence-electron chi connectivity index (χ2n) is 3.63. The zero-order valence-corrected chi connectivity index (χ0v) is 9.51. The van der Waals surface area contributed by atoms with Crippen molar-refractivity contribution in [3.63, 3.8) is 0 Å². The molecule has 0 spiro atoms. The van der Waals surface area contributed by atoms with Crippen LogP contribution in [0.4, 0.5) is 5.82 Å². The molecule has 2 rings (SSSR count). The molecule has 0 bridgehead atoms. The van der Waals surface area contributed by atoms with Gasteiger partial charge in [-0.1, -0.05) is 37.3 Å². The molecule has 0 aliphatic rings. The molecule has 0 aliphatic carbocycles. The number of carbonyl (C=O) groups excluding carboxylic acids is 1.